The zero-order chi connectivity index (χ0) is 22.0. The number of rotatable bonds is 4. The van der Waals surface area contributed by atoms with Crippen LogP contribution in [0.1, 0.15) is 30.3 Å². The number of carbonyl (C=O) groups is 1. The monoisotopic (exact) mass is 449 g/mol. The van der Waals surface area contributed by atoms with Gasteiger partial charge in [0.25, 0.3) is 0 Å². The number of aromatic nitrogens is 4. The Bertz CT molecular complexity index is 1130. The average Bonchev–Trinajstić information content (AvgIpc) is 3.29. The first-order valence-corrected chi connectivity index (χ1v) is 10.5. The van der Waals surface area contributed by atoms with Gasteiger partial charge in [0, 0.05) is 31.4 Å². The van der Waals surface area contributed by atoms with Gasteiger partial charge in [-0.1, -0.05) is 6.07 Å². The van der Waals surface area contributed by atoms with Crippen molar-refractivity contribution in [3.8, 4) is 10.6 Å². The summed E-state index contributed by atoms with van der Waals surface area (Å²) in [5, 5.41) is 1.77. The number of nitrogens with zero attached hydrogens (tertiary/aromatic N) is 5. The molecule has 3 aromatic heterocycles. The molecular weight excluding hydrogens is 431 g/mol. The van der Waals surface area contributed by atoms with Gasteiger partial charge in [0.15, 0.2) is 0 Å². The zero-order valence-electron chi connectivity index (χ0n) is 16.2. The fourth-order valence-electron chi connectivity index (χ4n) is 3.51. The fourth-order valence-corrected chi connectivity index (χ4v) is 4.20. The van der Waals surface area contributed by atoms with Crippen LogP contribution in [0.25, 0.3) is 10.6 Å². The van der Waals surface area contributed by atoms with Crippen LogP contribution in [0.5, 0.6) is 0 Å². The Morgan fingerprint density at radius 3 is 2.81 bits per heavy atom. The number of likely N-dealkylation sites (tertiary alicyclic amines) is 1. The molecule has 3 aromatic rings. The largest absolute Gasteiger partial charge is 0.433 e. The molecule has 0 saturated carbocycles. The van der Waals surface area contributed by atoms with Crippen molar-refractivity contribution >= 4 is 17.2 Å². The maximum atomic E-state index is 13.5. The zero-order valence-corrected chi connectivity index (χ0v) is 17.1. The number of piperidine rings is 1. The minimum Gasteiger partial charge on any atom is -0.340 e. The van der Waals surface area contributed by atoms with E-state index in [9.17, 15) is 22.8 Å². The van der Waals surface area contributed by atoms with E-state index in [1.165, 1.54) is 28.3 Å². The van der Waals surface area contributed by atoms with Gasteiger partial charge >= 0.3 is 11.9 Å². The molecule has 11 heteroatoms. The Morgan fingerprint density at radius 2 is 2.10 bits per heavy atom. The molecule has 7 nitrogen and oxygen atoms in total. The van der Waals surface area contributed by atoms with Crippen molar-refractivity contribution in [2.24, 2.45) is 0 Å². The number of carbonyl (C=O) groups excluding carboxylic acids is 1. The van der Waals surface area contributed by atoms with Crippen LogP contribution in [0.2, 0.25) is 0 Å². The highest BCUT2D eigenvalue weighted by Crippen LogP contribution is 2.34. The summed E-state index contributed by atoms with van der Waals surface area (Å²) < 4.78 is 41.6. The number of halogens is 3. The Hall–Kier alpha value is -3.08. The second-order valence-corrected chi connectivity index (χ2v) is 8.13. The molecule has 1 atom stereocenters. The molecule has 1 aliphatic rings. The summed E-state index contributed by atoms with van der Waals surface area (Å²) in [7, 11) is 0. The van der Waals surface area contributed by atoms with Gasteiger partial charge in [-0.15, -0.1) is 11.3 Å². The van der Waals surface area contributed by atoms with E-state index in [0.29, 0.717) is 24.3 Å². The van der Waals surface area contributed by atoms with E-state index in [1.54, 1.807) is 28.5 Å². The molecule has 31 heavy (non-hydrogen) atoms. The first kappa shape index (κ1) is 21.2. The van der Waals surface area contributed by atoms with Crippen LogP contribution in [-0.2, 0) is 17.5 Å². The van der Waals surface area contributed by atoms with Gasteiger partial charge in [0.2, 0.25) is 5.91 Å². The van der Waals surface area contributed by atoms with Crippen molar-refractivity contribution in [1.82, 2.24) is 24.4 Å². The number of hydrogen-bond acceptors (Lipinski definition) is 6. The molecule has 1 fully saturated rings. The van der Waals surface area contributed by atoms with E-state index in [4.69, 9.17) is 0 Å². The topological polar surface area (TPSA) is 81.0 Å². The van der Waals surface area contributed by atoms with Gasteiger partial charge < -0.3 is 4.90 Å². The number of amides is 1. The summed E-state index contributed by atoms with van der Waals surface area (Å²) in [6.45, 7) is 0.476. The summed E-state index contributed by atoms with van der Waals surface area (Å²) in [6.07, 6.45) is -0.613. The smallest absolute Gasteiger partial charge is 0.340 e. The van der Waals surface area contributed by atoms with Crippen LogP contribution in [0, 0.1) is 0 Å². The van der Waals surface area contributed by atoms with Crippen LogP contribution in [0.3, 0.4) is 0 Å². The van der Waals surface area contributed by atoms with E-state index < -0.39 is 23.5 Å². The Morgan fingerprint density at radius 1 is 1.26 bits per heavy atom. The van der Waals surface area contributed by atoms with Gasteiger partial charge in [0.1, 0.15) is 18.1 Å². The molecular formula is C20H18F3N5O2S. The quantitative estimate of drug-likeness (QED) is 0.611. The highest BCUT2D eigenvalue weighted by molar-refractivity contribution is 7.13. The van der Waals surface area contributed by atoms with E-state index in [0.717, 1.165) is 6.07 Å². The summed E-state index contributed by atoms with van der Waals surface area (Å²) in [5.74, 6) is -0.649. The highest BCUT2D eigenvalue weighted by Gasteiger charge is 2.35. The van der Waals surface area contributed by atoms with Crippen LogP contribution in [-0.4, -0.2) is 43.4 Å². The standard InChI is InChI=1S/C20H18F3N5O2S/c21-20(22,23)16-10-14(15-5-2-9-31-15)25-18(26-16)13-4-1-7-27(11-13)17(29)12-28-8-3-6-24-19(28)30/h2-3,5-6,8-10,13H,1,4,7,11-12H2/t13-/m0/s1. The second kappa shape index (κ2) is 8.58. The van der Waals surface area contributed by atoms with Crippen molar-refractivity contribution < 1.29 is 18.0 Å². The lowest BCUT2D eigenvalue weighted by atomic mass is 9.96. The van der Waals surface area contributed by atoms with Crippen molar-refractivity contribution in [2.75, 3.05) is 13.1 Å². The Kier molecular flexibility index (Phi) is 5.86. The third-order valence-corrected chi connectivity index (χ3v) is 5.93. The number of hydrogen-bond donors (Lipinski definition) is 0. The van der Waals surface area contributed by atoms with E-state index >= 15 is 0 Å². The van der Waals surface area contributed by atoms with Crippen LogP contribution >= 0.6 is 11.3 Å². The van der Waals surface area contributed by atoms with Crippen molar-refractivity contribution in [3.05, 3.63) is 64.0 Å². The molecule has 162 valence electrons. The maximum absolute atomic E-state index is 13.5. The van der Waals surface area contributed by atoms with E-state index in [2.05, 4.69) is 15.0 Å². The molecule has 4 rings (SSSR count). The fraction of sp³-hybridized carbons (Fsp3) is 0.350. The molecule has 0 bridgehead atoms. The molecule has 0 aliphatic carbocycles. The Balaban J connectivity index is 1.59. The van der Waals surface area contributed by atoms with Gasteiger partial charge in [-0.2, -0.15) is 13.2 Å². The van der Waals surface area contributed by atoms with Gasteiger partial charge in [-0.05, 0) is 36.4 Å². The van der Waals surface area contributed by atoms with Gasteiger partial charge in [-0.3, -0.25) is 9.36 Å². The lowest BCUT2D eigenvalue weighted by Gasteiger charge is -2.32. The van der Waals surface area contributed by atoms with Crippen molar-refractivity contribution in [3.63, 3.8) is 0 Å². The minimum atomic E-state index is -4.60. The molecule has 0 unspecified atom stereocenters. The number of thiophene rings is 1. The van der Waals surface area contributed by atoms with Crippen LogP contribution in [0.15, 0.2) is 46.8 Å². The average molecular weight is 449 g/mol. The van der Waals surface area contributed by atoms with E-state index in [1.807, 2.05) is 0 Å². The lowest BCUT2D eigenvalue weighted by Crippen LogP contribution is -2.42. The highest BCUT2D eigenvalue weighted by atomic mass is 32.1. The Labute approximate surface area is 179 Å². The molecule has 0 aromatic carbocycles. The second-order valence-electron chi connectivity index (χ2n) is 7.18. The number of alkyl halides is 3. The first-order valence-electron chi connectivity index (χ1n) is 9.60. The normalized spacial score (nSPS) is 17.0. The summed E-state index contributed by atoms with van der Waals surface area (Å²) >= 11 is 1.30. The van der Waals surface area contributed by atoms with Crippen LogP contribution < -0.4 is 5.69 Å². The molecule has 0 N–H and O–H groups in total. The molecule has 1 saturated heterocycles. The maximum Gasteiger partial charge on any atom is 0.433 e. The molecule has 0 spiro atoms. The molecule has 1 amide bonds. The SMILES string of the molecule is O=C(Cn1cccnc1=O)N1CCC[C@H](c2nc(-c3cccs3)cc(C(F)(F)F)n2)C1. The summed E-state index contributed by atoms with van der Waals surface area (Å²) in [6, 6.07) is 5.96. The van der Waals surface area contributed by atoms with Gasteiger partial charge in [0.05, 0.1) is 10.6 Å². The van der Waals surface area contributed by atoms with E-state index in [-0.39, 0.29) is 30.5 Å². The van der Waals surface area contributed by atoms with Crippen molar-refractivity contribution in [1.29, 1.82) is 0 Å². The third-order valence-electron chi connectivity index (χ3n) is 5.04. The predicted octanol–water partition coefficient (Wildman–Crippen LogP) is 3.19. The lowest BCUT2D eigenvalue weighted by molar-refractivity contribution is -0.141. The van der Waals surface area contributed by atoms with Crippen LogP contribution in [0.4, 0.5) is 13.2 Å². The summed E-state index contributed by atoms with van der Waals surface area (Å²) in [4.78, 5) is 38.4. The minimum absolute atomic E-state index is 0.0780. The summed E-state index contributed by atoms with van der Waals surface area (Å²) in [5.41, 5.74) is -1.31. The van der Waals surface area contributed by atoms with Gasteiger partial charge in [-0.25, -0.2) is 19.7 Å². The molecule has 1 aliphatic heterocycles. The molecule has 4 heterocycles. The predicted molar refractivity (Wildman–Crippen MR) is 107 cm³/mol. The first-order chi connectivity index (χ1) is 14.8. The van der Waals surface area contributed by atoms with Crippen molar-refractivity contribution in [2.45, 2.75) is 31.5 Å². The third kappa shape index (κ3) is 4.82. The molecule has 0 radical (unpaired) electrons.